The van der Waals surface area contributed by atoms with Crippen molar-refractivity contribution in [3.63, 3.8) is 0 Å². The summed E-state index contributed by atoms with van der Waals surface area (Å²) in [5.74, 6) is 0. The van der Waals surface area contributed by atoms with Crippen LogP contribution in [0.4, 0.5) is 0 Å². The van der Waals surface area contributed by atoms with Gasteiger partial charge in [0.05, 0.1) is 4.34 Å². The van der Waals surface area contributed by atoms with Crippen molar-refractivity contribution in [3.8, 4) is 0 Å². The maximum absolute atomic E-state index is 12.0. The average molecular weight is 322 g/mol. The Hall–Kier alpha value is -0.400. The van der Waals surface area contributed by atoms with Crippen LogP contribution in [-0.4, -0.2) is 14.5 Å². The molecule has 2 aromatic heterocycles. The monoisotopic (exact) mass is 321 g/mol. The Bertz CT molecular complexity index is 604. The van der Waals surface area contributed by atoms with Crippen LogP contribution in [0.5, 0.6) is 0 Å². The first kappa shape index (κ1) is 14.0. The van der Waals surface area contributed by atoms with Crippen molar-refractivity contribution in [2.24, 2.45) is 0 Å². The molecule has 2 heterocycles. The maximum Gasteiger partial charge on any atom is 0.250 e. The first-order chi connectivity index (χ1) is 8.47. The van der Waals surface area contributed by atoms with Crippen LogP contribution in [0, 0.1) is 0 Å². The van der Waals surface area contributed by atoms with Gasteiger partial charge in [-0.25, -0.2) is 13.1 Å². The Labute approximate surface area is 119 Å². The number of rotatable bonds is 5. The van der Waals surface area contributed by atoms with Gasteiger partial charge in [0.1, 0.15) is 4.21 Å². The van der Waals surface area contributed by atoms with Gasteiger partial charge in [-0.15, -0.1) is 22.7 Å². The van der Waals surface area contributed by atoms with Crippen LogP contribution in [0.15, 0.2) is 33.9 Å². The summed E-state index contributed by atoms with van der Waals surface area (Å²) in [6, 6.07) is 6.92. The van der Waals surface area contributed by atoms with Crippen LogP contribution < -0.4 is 4.72 Å². The van der Waals surface area contributed by atoms with E-state index >= 15 is 0 Å². The standard InChI is InChI=1S/C11H12ClNO2S3/c1-8(7-9-3-2-6-16-9)13-18(14,15)11-5-4-10(12)17-11/h2-6,8,13H,7H2,1H3/t8-/m1/s1. The van der Waals surface area contributed by atoms with E-state index in [0.717, 1.165) is 16.2 Å². The zero-order chi connectivity index (χ0) is 13.2. The molecule has 0 spiro atoms. The van der Waals surface area contributed by atoms with Crippen LogP contribution in [0.25, 0.3) is 0 Å². The summed E-state index contributed by atoms with van der Waals surface area (Å²) in [5, 5.41) is 1.98. The molecular weight excluding hydrogens is 310 g/mol. The minimum atomic E-state index is -3.45. The van der Waals surface area contributed by atoms with E-state index in [2.05, 4.69) is 4.72 Å². The first-order valence-electron chi connectivity index (χ1n) is 5.27. The lowest BCUT2D eigenvalue weighted by atomic mass is 10.2. The molecule has 0 aromatic carbocycles. The summed E-state index contributed by atoms with van der Waals surface area (Å²) >= 11 is 8.43. The van der Waals surface area contributed by atoms with Gasteiger partial charge in [0.2, 0.25) is 10.0 Å². The molecule has 0 bridgehead atoms. The molecular formula is C11H12ClNO2S3. The third kappa shape index (κ3) is 3.55. The fourth-order valence-corrected chi connectivity index (χ4v) is 5.12. The van der Waals surface area contributed by atoms with Gasteiger partial charge in [-0.1, -0.05) is 17.7 Å². The summed E-state index contributed by atoms with van der Waals surface area (Å²) < 4.78 is 27.4. The number of nitrogens with one attached hydrogen (secondary N) is 1. The molecule has 0 fully saturated rings. The van der Waals surface area contributed by atoms with Crippen molar-refractivity contribution >= 4 is 44.3 Å². The smallest absolute Gasteiger partial charge is 0.207 e. The van der Waals surface area contributed by atoms with Gasteiger partial charge >= 0.3 is 0 Å². The maximum atomic E-state index is 12.0. The molecule has 0 saturated heterocycles. The van der Waals surface area contributed by atoms with Gasteiger partial charge in [0.15, 0.2) is 0 Å². The van der Waals surface area contributed by atoms with E-state index in [0.29, 0.717) is 10.8 Å². The predicted molar refractivity (Wildman–Crippen MR) is 77.1 cm³/mol. The Morgan fingerprint density at radius 2 is 2.17 bits per heavy atom. The summed E-state index contributed by atoms with van der Waals surface area (Å²) in [6.07, 6.45) is 0.690. The van der Waals surface area contributed by atoms with Gasteiger partial charge in [0.25, 0.3) is 0 Å². The van der Waals surface area contributed by atoms with Crippen molar-refractivity contribution in [1.82, 2.24) is 4.72 Å². The summed E-state index contributed by atoms with van der Waals surface area (Å²) in [5.41, 5.74) is 0. The predicted octanol–water partition coefficient (Wildman–Crippen LogP) is 3.37. The zero-order valence-electron chi connectivity index (χ0n) is 9.59. The highest BCUT2D eigenvalue weighted by molar-refractivity contribution is 7.91. The minimum absolute atomic E-state index is 0.144. The molecule has 0 saturated carbocycles. The van der Waals surface area contributed by atoms with Gasteiger partial charge in [-0.05, 0) is 36.9 Å². The molecule has 2 rings (SSSR count). The molecule has 0 unspecified atom stereocenters. The van der Waals surface area contributed by atoms with Gasteiger partial charge in [0, 0.05) is 10.9 Å². The van der Waals surface area contributed by atoms with Crippen molar-refractivity contribution in [3.05, 3.63) is 38.9 Å². The third-order valence-electron chi connectivity index (χ3n) is 2.26. The van der Waals surface area contributed by atoms with Crippen molar-refractivity contribution in [2.45, 2.75) is 23.6 Å². The van der Waals surface area contributed by atoms with E-state index in [1.165, 1.54) is 6.07 Å². The van der Waals surface area contributed by atoms with Crippen molar-refractivity contribution in [1.29, 1.82) is 0 Å². The minimum Gasteiger partial charge on any atom is -0.207 e. The van der Waals surface area contributed by atoms with Gasteiger partial charge in [-0.2, -0.15) is 0 Å². The van der Waals surface area contributed by atoms with E-state index in [4.69, 9.17) is 11.6 Å². The van der Waals surface area contributed by atoms with Crippen LogP contribution >= 0.6 is 34.3 Å². The number of halogens is 1. The highest BCUT2D eigenvalue weighted by Gasteiger charge is 2.19. The summed E-state index contributed by atoms with van der Waals surface area (Å²) in [7, 11) is -3.45. The first-order valence-corrected chi connectivity index (χ1v) is 8.83. The van der Waals surface area contributed by atoms with Crippen LogP contribution in [0.3, 0.4) is 0 Å². The third-order valence-corrected chi connectivity index (χ3v) is 6.47. The molecule has 0 aliphatic heterocycles. The van der Waals surface area contributed by atoms with Crippen molar-refractivity contribution < 1.29 is 8.42 Å². The Kier molecular flexibility index (Phi) is 4.45. The van der Waals surface area contributed by atoms with E-state index in [1.807, 2.05) is 24.4 Å². The quantitative estimate of drug-likeness (QED) is 0.917. The Balaban J connectivity index is 2.04. The Morgan fingerprint density at radius 3 is 2.72 bits per heavy atom. The topological polar surface area (TPSA) is 46.2 Å². The highest BCUT2D eigenvalue weighted by Crippen LogP contribution is 2.25. The number of thiophene rings is 2. The SMILES string of the molecule is C[C@H](Cc1cccs1)NS(=O)(=O)c1ccc(Cl)s1. The lowest BCUT2D eigenvalue weighted by Crippen LogP contribution is -2.33. The van der Waals surface area contributed by atoms with Crippen molar-refractivity contribution in [2.75, 3.05) is 0 Å². The largest absolute Gasteiger partial charge is 0.250 e. The second kappa shape index (κ2) is 5.71. The van der Waals surface area contributed by atoms with E-state index in [9.17, 15) is 8.42 Å². The molecule has 0 aliphatic rings. The molecule has 7 heteroatoms. The molecule has 1 atom stereocenters. The van der Waals surface area contributed by atoms with E-state index < -0.39 is 10.0 Å². The molecule has 18 heavy (non-hydrogen) atoms. The molecule has 3 nitrogen and oxygen atoms in total. The number of hydrogen-bond acceptors (Lipinski definition) is 4. The second-order valence-corrected chi connectivity index (χ2v) is 8.55. The van der Waals surface area contributed by atoms with Gasteiger partial charge in [-0.3, -0.25) is 0 Å². The molecule has 0 radical (unpaired) electrons. The molecule has 1 N–H and O–H groups in total. The van der Waals surface area contributed by atoms with Crippen LogP contribution in [0.1, 0.15) is 11.8 Å². The van der Waals surface area contributed by atoms with Crippen LogP contribution in [-0.2, 0) is 16.4 Å². The molecule has 0 aliphatic carbocycles. The van der Waals surface area contributed by atoms with Crippen LogP contribution in [0.2, 0.25) is 4.34 Å². The van der Waals surface area contributed by atoms with E-state index in [-0.39, 0.29) is 10.3 Å². The number of hydrogen-bond donors (Lipinski definition) is 1. The second-order valence-electron chi connectivity index (χ2n) is 3.86. The average Bonchev–Trinajstić information content (AvgIpc) is 2.88. The highest BCUT2D eigenvalue weighted by atomic mass is 35.5. The molecule has 98 valence electrons. The number of sulfonamides is 1. The fraction of sp³-hybridized carbons (Fsp3) is 0.273. The zero-order valence-corrected chi connectivity index (χ0v) is 12.8. The van der Waals surface area contributed by atoms with Gasteiger partial charge < -0.3 is 0 Å². The normalized spacial score (nSPS) is 13.7. The van der Waals surface area contributed by atoms with E-state index in [1.54, 1.807) is 17.4 Å². The fourth-order valence-electron chi connectivity index (χ4n) is 1.54. The summed E-state index contributed by atoms with van der Waals surface area (Å²) in [4.78, 5) is 1.16. The summed E-state index contributed by atoms with van der Waals surface area (Å²) in [6.45, 7) is 1.85. The molecule has 2 aromatic rings. The lowest BCUT2D eigenvalue weighted by molar-refractivity contribution is 0.563. The molecule has 0 amide bonds. The lowest BCUT2D eigenvalue weighted by Gasteiger charge is -2.12. The Morgan fingerprint density at radius 1 is 1.39 bits per heavy atom.